The molecule has 0 saturated heterocycles. The zero-order valence-corrected chi connectivity index (χ0v) is 11.3. The predicted octanol–water partition coefficient (Wildman–Crippen LogP) is 2.36. The molecule has 0 saturated carbocycles. The zero-order chi connectivity index (χ0) is 14.6. The highest BCUT2D eigenvalue weighted by atomic mass is 35.5. The third-order valence-electron chi connectivity index (χ3n) is 2.64. The van der Waals surface area contributed by atoms with Crippen molar-refractivity contribution in [1.29, 1.82) is 0 Å². The van der Waals surface area contributed by atoms with E-state index in [0.29, 0.717) is 0 Å². The van der Waals surface area contributed by atoms with E-state index in [9.17, 15) is 9.18 Å². The van der Waals surface area contributed by atoms with Crippen LogP contribution >= 0.6 is 11.6 Å². The minimum Gasteiger partial charge on any atom is -0.493 e. The number of hydrogen-bond donors (Lipinski definition) is 2. The predicted molar refractivity (Wildman–Crippen MR) is 68.3 cm³/mol. The van der Waals surface area contributed by atoms with Crippen molar-refractivity contribution in [3.05, 3.63) is 22.5 Å². The van der Waals surface area contributed by atoms with Crippen LogP contribution in [-0.4, -0.2) is 25.3 Å². The largest absolute Gasteiger partial charge is 0.493 e. The van der Waals surface area contributed by atoms with Gasteiger partial charge in [0.25, 0.3) is 0 Å². The summed E-state index contributed by atoms with van der Waals surface area (Å²) in [5.41, 5.74) is 5.84. The first-order valence-corrected chi connectivity index (χ1v) is 5.87. The van der Waals surface area contributed by atoms with E-state index in [1.165, 1.54) is 20.3 Å². The SMILES string of the molecule is COc1cc(Cl)c(F)c(C(N)CCC(=O)O)c1OC. The van der Waals surface area contributed by atoms with E-state index in [2.05, 4.69) is 0 Å². The van der Waals surface area contributed by atoms with E-state index in [1.54, 1.807) is 0 Å². The molecule has 19 heavy (non-hydrogen) atoms. The topological polar surface area (TPSA) is 81.8 Å². The van der Waals surface area contributed by atoms with Crippen LogP contribution < -0.4 is 15.2 Å². The second kappa shape index (κ2) is 6.58. The van der Waals surface area contributed by atoms with Crippen LogP contribution in [0.1, 0.15) is 24.4 Å². The summed E-state index contributed by atoms with van der Waals surface area (Å²) in [6.07, 6.45) is -0.120. The van der Waals surface area contributed by atoms with Crippen molar-refractivity contribution >= 4 is 17.6 Å². The van der Waals surface area contributed by atoms with Crippen LogP contribution in [0.2, 0.25) is 5.02 Å². The van der Waals surface area contributed by atoms with Crippen molar-refractivity contribution in [2.45, 2.75) is 18.9 Å². The van der Waals surface area contributed by atoms with Crippen molar-refractivity contribution in [3.63, 3.8) is 0 Å². The number of nitrogens with two attached hydrogens (primary N) is 1. The minimum atomic E-state index is -1.01. The molecule has 0 radical (unpaired) electrons. The Morgan fingerprint density at radius 1 is 1.53 bits per heavy atom. The highest BCUT2D eigenvalue weighted by Crippen LogP contribution is 2.40. The number of rotatable bonds is 6. The van der Waals surface area contributed by atoms with Crippen molar-refractivity contribution < 1.29 is 23.8 Å². The molecule has 0 fully saturated rings. The Labute approximate surface area is 115 Å². The molecule has 1 aromatic carbocycles. The molecule has 0 aliphatic carbocycles. The number of aliphatic carboxylic acids is 1. The summed E-state index contributed by atoms with van der Waals surface area (Å²) in [6, 6.07) is 0.432. The number of benzene rings is 1. The highest BCUT2D eigenvalue weighted by Gasteiger charge is 2.24. The van der Waals surface area contributed by atoms with Crippen LogP contribution in [0, 0.1) is 5.82 Å². The van der Waals surface area contributed by atoms with E-state index in [-0.39, 0.29) is 34.9 Å². The van der Waals surface area contributed by atoms with Gasteiger partial charge in [-0.05, 0) is 6.42 Å². The molecule has 0 heterocycles. The highest BCUT2D eigenvalue weighted by molar-refractivity contribution is 6.31. The first-order chi connectivity index (χ1) is 8.92. The van der Waals surface area contributed by atoms with Gasteiger partial charge in [-0.2, -0.15) is 0 Å². The van der Waals surface area contributed by atoms with Gasteiger partial charge in [0.05, 0.1) is 24.8 Å². The third-order valence-corrected chi connectivity index (χ3v) is 2.91. The molecule has 106 valence electrons. The molecule has 0 bridgehead atoms. The van der Waals surface area contributed by atoms with Crippen LogP contribution in [0.4, 0.5) is 4.39 Å². The first kappa shape index (κ1) is 15.5. The Hall–Kier alpha value is -1.53. The molecule has 1 unspecified atom stereocenters. The number of methoxy groups -OCH3 is 2. The molecule has 1 rings (SSSR count). The smallest absolute Gasteiger partial charge is 0.303 e. The van der Waals surface area contributed by atoms with Gasteiger partial charge in [-0.3, -0.25) is 4.79 Å². The lowest BCUT2D eigenvalue weighted by Gasteiger charge is -2.19. The summed E-state index contributed by atoms with van der Waals surface area (Å²) in [5, 5.41) is 8.47. The average Bonchev–Trinajstić information content (AvgIpc) is 2.38. The van der Waals surface area contributed by atoms with Crippen LogP contribution in [-0.2, 0) is 4.79 Å². The lowest BCUT2D eigenvalue weighted by Crippen LogP contribution is -2.16. The van der Waals surface area contributed by atoms with Gasteiger partial charge in [0.1, 0.15) is 0 Å². The summed E-state index contributed by atoms with van der Waals surface area (Å²) >= 11 is 5.75. The van der Waals surface area contributed by atoms with Crippen LogP contribution in [0.3, 0.4) is 0 Å². The molecule has 5 nitrogen and oxygen atoms in total. The molecule has 7 heteroatoms. The maximum Gasteiger partial charge on any atom is 0.303 e. The van der Waals surface area contributed by atoms with Crippen molar-refractivity contribution in [3.8, 4) is 11.5 Å². The van der Waals surface area contributed by atoms with Gasteiger partial charge in [0.2, 0.25) is 0 Å². The van der Waals surface area contributed by atoms with Crippen molar-refractivity contribution in [2.24, 2.45) is 5.73 Å². The molecule has 0 aliphatic rings. The van der Waals surface area contributed by atoms with E-state index >= 15 is 0 Å². The fraction of sp³-hybridized carbons (Fsp3) is 0.417. The van der Waals surface area contributed by atoms with Crippen molar-refractivity contribution in [1.82, 2.24) is 0 Å². The lowest BCUT2D eigenvalue weighted by molar-refractivity contribution is -0.137. The molecule has 0 spiro atoms. The molecule has 1 atom stereocenters. The summed E-state index contributed by atoms with van der Waals surface area (Å²) in [6.45, 7) is 0. The monoisotopic (exact) mass is 291 g/mol. The zero-order valence-electron chi connectivity index (χ0n) is 10.6. The standard InChI is InChI=1S/C12H15ClFNO4/c1-18-8-5-6(13)11(14)10(12(8)19-2)7(15)3-4-9(16)17/h5,7H,3-4,15H2,1-2H3,(H,16,17). The molecule has 0 amide bonds. The Morgan fingerprint density at radius 2 is 2.16 bits per heavy atom. The van der Waals surface area contributed by atoms with E-state index in [4.69, 9.17) is 31.9 Å². The number of carboxylic acid groups (broad SMARTS) is 1. The normalized spacial score (nSPS) is 12.1. The summed E-state index contributed by atoms with van der Waals surface area (Å²) in [4.78, 5) is 10.5. The molecule has 0 aliphatic heterocycles. The van der Waals surface area contributed by atoms with Crippen LogP contribution in [0.5, 0.6) is 11.5 Å². The molecule has 0 aromatic heterocycles. The number of ether oxygens (including phenoxy) is 2. The number of halogens is 2. The van der Waals surface area contributed by atoms with Crippen LogP contribution in [0.15, 0.2) is 6.07 Å². The van der Waals surface area contributed by atoms with Gasteiger partial charge >= 0.3 is 5.97 Å². The maximum absolute atomic E-state index is 14.0. The lowest BCUT2D eigenvalue weighted by atomic mass is 10.0. The Balaban J connectivity index is 3.22. The molecular formula is C12H15ClFNO4. The number of carbonyl (C=O) groups is 1. The Kier molecular flexibility index (Phi) is 5.38. The minimum absolute atomic E-state index is 0.0214. The quantitative estimate of drug-likeness (QED) is 0.841. The maximum atomic E-state index is 14.0. The molecular weight excluding hydrogens is 277 g/mol. The molecule has 3 N–H and O–H groups in total. The Morgan fingerprint density at radius 3 is 2.63 bits per heavy atom. The molecule has 1 aromatic rings. The third kappa shape index (κ3) is 3.48. The number of hydrogen-bond acceptors (Lipinski definition) is 4. The second-order valence-electron chi connectivity index (χ2n) is 3.86. The number of carboxylic acids is 1. The van der Waals surface area contributed by atoms with Crippen molar-refractivity contribution in [2.75, 3.05) is 14.2 Å². The van der Waals surface area contributed by atoms with Gasteiger partial charge < -0.3 is 20.3 Å². The van der Waals surface area contributed by atoms with E-state index in [0.717, 1.165) is 0 Å². The fourth-order valence-electron chi connectivity index (χ4n) is 1.72. The summed E-state index contributed by atoms with van der Waals surface area (Å²) in [5.74, 6) is -1.36. The van der Waals surface area contributed by atoms with Gasteiger partial charge in [0, 0.05) is 18.5 Å². The van der Waals surface area contributed by atoms with Gasteiger partial charge in [0.15, 0.2) is 17.3 Å². The van der Waals surface area contributed by atoms with Gasteiger partial charge in [-0.1, -0.05) is 11.6 Å². The average molecular weight is 292 g/mol. The fourth-order valence-corrected chi connectivity index (χ4v) is 1.92. The van der Waals surface area contributed by atoms with Gasteiger partial charge in [-0.25, -0.2) is 4.39 Å². The van der Waals surface area contributed by atoms with E-state index < -0.39 is 17.8 Å². The van der Waals surface area contributed by atoms with Crippen LogP contribution in [0.25, 0.3) is 0 Å². The second-order valence-corrected chi connectivity index (χ2v) is 4.27. The Bertz CT molecular complexity index is 481. The van der Waals surface area contributed by atoms with Gasteiger partial charge in [-0.15, -0.1) is 0 Å². The first-order valence-electron chi connectivity index (χ1n) is 5.49. The van der Waals surface area contributed by atoms with E-state index in [1.807, 2.05) is 0 Å². The summed E-state index contributed by atoms with van der Waals surface area (Å²) < 4.78 is 24.2. The summed E-state index contributed by atoms with van der Waals surface area (Å²) in [7, 11) is 2.73.